The van der Waals surface area contributed by atoms with Crippen LogP contribution < -0.4 is 42.3 Å². The Labute approximate surface area is 375 Å². The van der Waals surface area contributed by atoms with Gasteiger partial charge in [-0.25, -0.2) is 0 Å². The van der Waals surface area contributed by atoms with Crippen LogP contribution in [-0.4, -0.2) is 13.4 Å². The third kappa shape index (κ3) is 4.78. The summed E-state index contributed by atoms with van der Waals surface area (Å²) in [5.74, 6) is 3.83. The lowest BCUT2D eigenvalue weighted by atomic mass is 9.31. The monoisotopic (exact) mass is 818 g/mol. The minimum atomic E-state index is -0.0861. The lowest BCUT2D eigenvalue weighted by molar-refractivity contribution is 0.483. The Hall–Kier alpha value is -7.03. The van der Waals surface area contributed by atoms with Crippen LogP contribution in [0.5, 0.6) is 23.0 Å². The minimum Gasteiger partial charge on any atom is -0.458 e. The van der Waals surface area contributed by atoms with E-state index in [-0.39, 0.29) is 24.3 Å². The van der Waals surface area contributed by atoms with Crippen LogP contribution in [0, 0.1) is 0 Å². The SMILES string of the molecule is CC(C)(C)c1cc2c3c(c1)-c1cc(-c4ccccc4)c4cc5c6c(cc(-c7ccccc7)c7cc(c1c4c76)B3c1ccccc1O2)-c1cc(C(C)(C)C)cc2c1B5c1ccccc1O2. The van der Waals surface area contributed by atoms with E-state index < -0.39 is 0 Å². The van der Waals surface area contributed by atoms with Crippen LogP contribution in [-0.2, 0) is 10.8 Å². The first-order valence-electron chi connectivity index (χ1n) is 22.9. The van der Waals surface area contributed by atoms with Crippen LogP contribution in [0.3, 0.4) is 0 Å². The molecule has 10 aromatic carbocycles. The van der Waals surface area contributed by atoms with E-state index in [4.69, 9.17) is 9.47 Å². The molecule has 4 aliphatic heterocycles. The maximum absolute atomic E-state index is 6.99. The summed E-state index contributed by atoms with van der Waals surface area (Å²) in [6.45, 7) is 13.9. The second-order valence-corrected chi connectivity index (χ2v) is 20.7. The number of rotatable bonds is 2. The van der Waals surface area contributed by atoms with Crippen LogP contribution in [0.1, 0.15) is 52.7 Å². The Kier molecular flexibility index (Phi) is 7.04. The molecule has 10 aromatic rings. The molecule has 0 saturated carbocycles. The van der Waals surface area contributed by atoms with Crippen molar-refractivity contribution in [1.29, 1.82) is 0 Å². The molecule has 2 nitrogen and oxygen atoms in total. The van der Waals surface area contributed by atoms with Gasteiger partial charge in [0.2, 0.25) is 0 Å². The molecule has 0 fully saturated rings. The van der Waals surface area contributed by atoms with Gasteiger partial charge in [0.1, 0.15) is 23.0 Å². The molecule has 0 radical (unpaired) electrons. The topological polar surface area (TPSA) is 18.5 Å². The van der Waals surface area contributed by atoms with Gasteiger partial charge in [-0.1, -0.05) is 174 Å². The van der Waals surface area contributed by atoms with E-state index in [0.717, 1.165) is 23.0 Å². The quantitative estimate of drug-likeness (QED) is 0.128. The molecule has 0 amide bonds. The summed E-state index contributed by atoms with van der Waals surface area (Å²) < 4.78 is 14.0. The third-order valence-electron chi connectivity index (χ3n) is 15.0. The smallest absolute Gasteiger partial charge is 0.252 e. The molecule has 0 bridgehead atoms. The second kappa shape index (κ2) is 12.4. The molecule has 0 spiro atoms. The van der Waals surface area contributed by atoms with Crippen molar-refractivity contribution in [2.75, 3.05) is 0 Å². The van der Waals surface area contributed by atoms with Crippen molar-refractivity contribution in [3.8, 4) is 67.5 Å². The first-order valence-corrected chi connectivity index (χ1v) is 22.9. The number of benzene rings is 10. The summed E-state index contributed by atoms with van der Waals surface area (Å²) in [6, 6.07) is 59.6. The zero-order chi connectivity index (χ0) is 43.0. The van der Waals surface area contributed by atoms with Gasteiger partial charge >= 0.3 is 0 Å². The Morgan fingerprint density at radius 3 is 1.12 bits per heavy atom. The molecule has 4 heterocycles. The fraction of sp³-hybridized carbons (Fsp3) is 0.133. The number of para-hydroxylation sites is 2. The van der Waals surface area contributed by atoms with E-state index in [1.807, 2.05) is 0 Å². The Morgan fingerprint density at radius 1 is 0.328 bits per heavy atom. The number of hydrogen-bond donors (Lipinski definition) is 0. The van der Waals surface area contributed by atoms with Crippen LogP contribution in [0.4, 0.5) is 0 Å². The molecule has 4 heteroatoms. The molecule has 0 unspecified atom stereocenters. The van der Waals surface area contributed by atoms with Gasteiger partial charge in [-0.3, -0.25) is 0 Å². The fourth-order valence-corrected chi connectivity index (χ4v) is 12.0. The molecule has 0 aromatic heterocycles. The van der Waals surface area contributed by atoms with E-state index in [0.29, 0.717) is 0 Å². The van der Waals surface area contributed by atoms with Gasteiger partial charge in [0.05, 0.1) is 0 Å². The summed E-state index contributed by atoms with van der Waals surface area (Å²) in [6.07, 6.45) is 0. The zero-order valence-corrected chi connectivity index (χ0v) is 37.0. The molecular formula is C60H44B2O2. The standard InChI is InChI=1S/C60H44B2O2/c1-59(2,3)35-25-43-39-29-37(33-17-9-7-10-18-33)41-32-48-54-40(44-26-36(60(4,5)6)28-52-58(44)62(48)46-22-14-16-24-50(46)64-52)30-38(34-19-11-8-12-20-34)42-31-47(53(39)55(41)56(42)54)61-45-21-13-15-23-49(45)63-51(27-35)57(43)61/h7-32H,1-6H3. The van der Waals surface area contributed by atoms with Crippen molar-refractivity contribution < 1.29 is 9.47 Å². The number of fused-ring (bicyclic) bond motifs is 8. The van der Waals surface area contributed by atoms with E-state index in [1.165, 1.54) is 121 Å². The van der Waals surface area contributed by atoms with Crippen molar-refractivity contribution in [1.82, 2.24) is 0 Å². The highest BCUT2D eigenvalue weighted by Crippen LogP contribution is 2.52. The molecule has 4 aliphatic rings. The highest BCUT2D eigenvalue weighted by molar-refractivity contribution is 7.01. The number of ether oxygens (including phenoxy) is 2. The van der Waals surface area contributed by atoms with Crippen LogP contribution in [0.2, 0.25) is 0 Å². The van der Waals surface area contributed by atoms with Gasteiger partial charge in [-0.15, -0.1) is 0 Å². The van der Waals surface area contributed by atoms with Gasteiger partial charge < -0.3 is 9.47 Å². The molecule has 0 N–H and O–H groups in total. The summed E-state index contributed by atoms with van der Waals surface area (Å²) in [5, 5.41) is 8.03. The minimum absolute atomic E-state index is 0.00123. The van der Waals surface area contributed by atoms with Crippen molar-refractivity contribution in [3.05, 3.63) is 169 Å². The summed E-state index contributed by atoms with van der Waals surface area (Å²) in [4.78, 5) is 0. The van der Waals surface area contributed by atoms with E-state index in [9.17, 15) is 0 Å². The van der Waals surface area contributed by atoms with Gasteiger partial charge in [-0.05, 0) is 157 Å². The van der Waals surface area contributed by atoms with Crippen LogP contribution in [0.25, 0.3) is 76.8 Å². The second-order valence-electron chi connectivity index (χ2n) is 20.7. The molecule has 302 valence electrons. The maximum atomic E-state index is 6.99. The molecule has 0 saturated heterocycles. The fourth-order valence-electron chi connectivity index (χ4n) is 12.0. The summed E-state index contributed by atoms with van der Waals surface area (Å²) in [7, 11) is 0. The molecule has 14 rings (SSSR count). The summed E-state index contributed by atoms with van der Waals surface area (Å²) in [5.41, 5.74) is 20.2. The van der Waals surface area contributed by atoms with Gasteiger partial charge in [0.15, 0.2) is 0 Å². The predicted octanol–water partition coefficient (Wildman–Crippen LogP) is 11.7. The average molecular weight is 819 g/mol. The first kappa shape index (κ1) is 36.5. The lowest BCUT2D eigenvalue weighted by Gasteiger charge is -2.38. The largest absolute Gasteiger partial charge is 0.458 e. The summed E-state index contributed by atoms with van der Waals surface area (Å²) >= 11 is 0. The average Bonchev–Trinajstić information content (AvgIpc) is 3.30. The highest BCUT2D eigenvalue weighted by atomic mass is 16.5. The lowest BCUT2D eigenvalue weighted by Crippen LogP contribution is -2.58. The van der Waals surface area contributed by atoms with E-state index in [2.05, 4.69) is 199 Å². The van der Waals surface area contributed by atoms with Crippen molar-refractivity contribution >= 4 is 78.5 Å². The van der Waals surface area contributed by atoms with Crippen LogP contribution >= 0.6 is 0 Å². The zero-order valence-electron chi connectivity index (χ0n) is 37.0. The van der Waals surface area contributed by atoms with Gasteiger partial charge in [-0.2, -0.15) is 0 Å². The third-order valence-corrected chi connectivity index (χ3v) is 15.0. The molecular weight excluding hydrogens is 774 g/mol. The Balaban J connectivity index is 1.25. The van der Waals surface area contributed by atoms with Gasteiger partial charge in [0, 0.05) is 0 Å². The maximum Gasteiger partial charge on any atom is 0.252 e. The Bertz CT molecular complexity index is 3440. The predicted molar refractivity (Wildman–Crippen MR) is 272 cm³/mol. The normalized spacial score (nSPS) is 14.0. The van der Waals surface area contributed by atoms with E-state index in [1.54, 1.807) is 0 Å². The van der Waals surface area contributed by atoms with Crippen LogP contribution in [0.15, 0.2) is 158 Å². The molecule has 0 aliphatic carbocycles. The Morgan fingerprint density at radius 2 is 0.719 bits per heavy atom. The van der Waals surface area contributed by atoms with Crippen molar-refractivity contribution in [2.45, 2.75) is 52.4 Å². The molecule has 0 atom stereocenters. The van der Waals surface area contributed by atoms with Crippen molar-refractivity contribution in [2.24, 2.45) is 0 Å². The molecule has 64 heavy (non-hydrogen) atoms. The highest BCUT2D eigenvalue weighted by Gasteiger charge is 2.45. The van der Waals surface area contributed by atoms with Crippen molar-refractivity contribution in [3.63, 3.8) is 0 Å². The number of hydrogen-bond acceptors (Lipinski definition) is 2. The van der Waals surface area contributed by atoms with Gasteiger partial charge in [0.25, 0.3) is 13.4 Å². The van der Waals surface area contributed by atoms with E-state index >= 15 is 0 Å². The first-order chi connectivity index (χ1) is 31.0.